The van der Waals surface area contributed by atoms with Crippen molar-refractivity contribution in [1.29, 1.82) is 0 Å². The topological polar surface area (TPSA) is 55.8 Å². The van der Waals surface area contributed by atoms with Crippen molar-refractivity contribution < 1.29 is 17.9 Å². The summed E-state index contributed by atoms with van der Waals surface area (Å²) in [6.45, 7) is 0.257. The van der Waals surface area contributed by atoms with Crippen LogP contribution < -0.4 is 9.47 Å². The fourth-order valence-corrected chi connectivity index (χ4v) is 4.16. The first kappa shape index (κ1) is 18.2. The predicted octanol–water partition coefficient (Wildman–Crippen LogP) is 3.68. The van der Waals surface area contributed by atoms with E-state index >= 15 is 0 Å². The number of hydrogen-bond acceptors (Lipinski definition) is 4. The zero-order valence-corrected chi connectivity index (χ0v) is 15.8. The molecule has 0 aliphatic carbocycles. The van der Waals surface area contributed by atoms with Crippen LogP contribution in [0.2, 0.25) is 0 Å². The first-order valence-electron chi connectivity index (χ1n) is 8.12. The number of methoxy groups -OCH3 is 2. The summed E-state index contributed by atoms with van der Waals surface area (Å²) < 4.78 is 37.8. The summed E-state index contributed by atoms with van der Waals surface area (Å²) in [5, 5.41) is 2.20. The van der Waals surface area contributed by atoms with Gasteiger partial charge in [-0.2, -0.15) is 4.31 Å². The first-order valence-corrected chi connectivity index (χ1v) is 9.56. The van der Waals surface area contributed by atoms with E-state index in [-0.39, 0.29) is 17.2 Å². The van der Waals surface area contributed by atoms with Gasteiger partial charge in [0.05, 0.1) is 14.2 Å². The van der Waals surface area contributed by atoms with Gasteiger partial charge < -0.3 is 9.47 Å². The molecule has 3 aromatic carbocycles. The summed E-state index contributed by atoms with van der Waals surface area (Å²) in [6.07, 6.45) is 0. The Morgan fingerprint density at radius 2 is 1.62 bits per heavy atom. The minimum Gasteiger partial charge on any atom is -0.497 e. The van der Waals surface area contributed by atoms with Crippen molar-refractivity contribution in [3.63, 3.8) is 0 Å². The zero-order chi connectivity index (χ0) is 18.7. The minimum atomic E-state index is -3.74. The second kappa shape index (κ2) is 7.35. The summed E-state index contributed by atoms with van der Waals surface area (Å²) in [5.74, 6) is 0.750. The molecule has 5 nitrogen and oxygen atoms in total. The molecule has 0 saturated heterocycles. The molecule has 3 rings (SSSR count). The number of sulfonamides is 1. The van der Waals surface area contributed by atoms with E-state index in [2.05, 4.69) is 0 Å². The molecule has 0 heterocycles. The third kappa shape index (κ3) is 3.52. The lowest BCUT2D eigenvalue weighted by atomic mass is 10.1. The van der Waals surface area contributed by atoms with Crippen LogP contribution >= 0.6 is 0 Å². The highest BCUT2D eigenvalue weighted by atomic mass is 32.2. The summed E-state index contributed by atoms with van der Waals surface area (Å²) in [7, 11) is 0.767. The van der Waals surface area contributed by atoms with Crippen LogP contribution in [0.3, 0.4) is 0 Å². The van der Waals surface area contributed by atoms with E-state index in [1.165, 1.54) is 24.6 Å². The molecule has 0 aliphatic rings. The SMILES string of the molecule is COc1ccc(OC)c(S(=O)(=O)N(C)Cc2ccc3ccccc3c2)c1. The van der Waals surface area contributed by atoms with E-state index in [9.17, 15) is 8.42 Å². The van der Waals surface area contributed by atoms with Gasteiger partial charge in [-0.25, -0.2) is 8.42 Å². The summed E-state index contributed by atoms with van der Waals surface area (Å²) in [6, 6.07) is 18.7. The molecule has 0 N–H and O–H groups in total. The lowest BCUT2D eigenvalue weighted by Gasteiger charge is -2.19. The highest BCUT2D eigenvalue weighted by Gasteiger charge is 2.25. The molecule has 0 aliphatic heterocycles. The van der Waals surface area contributed by atoms with Crippen LogP contribution in [-0.4, -0.2) is 34.0 Å². The Kier molecular flexibility index (Phi) is 5.15. The van der Waals surface area contributed by atoms with E-state index in [4.69, 9.17) is 9.47 Å². The Balaban J connectivity index is 1.93. The van der Waals surface area contributed by atoms with Crippen molar-refractivity contribution in [1.82, 2.24) is 4.31 Å². The highest BCUT2D eigenvalue weighted by molar-refractivity contribution is 7.89. The summed E-state index contributed by atoms with van der Waals surface area (Å²) >= 11 is 0. The van der Waals surface area contributed by atoms with Crippen LogP contribution in [0, 0.1) is 0 Å². The second-order valence-electron chi connectivity index (χ2n) is 5.96. The lowest BCUT2D eigenvalue weighted by molar-refractivity contribution is 0.388. The third-order valence-corrected chi connectivity index (χ3v) is 6.10. The molecule has 0 atom stereocenters. The number of nitrogens with zero attached hydrogens (tertiary/aromatic N) is 1. The van der Waals surface area contributed by atoms with Gasteiger partial charge in [0.25, 0.3) is 0 Å². The van der Waals surface area contributed by atoms with Crippen LogP contribution in [0.4, 0.5) is 0 Å². The minimum absolute atomic E-state index is 0.0858. The van der Waals surface area contributed by atoms with Crippen molar-refractivity contribution in [3.8, 4) is 11.5 Å². The maximum absolute atomic E-state index is 13.0. The maximum Gasteiger partial charge on any atom is 0.246 e. The van der Waals surface area contributed by atoms with Gasteiger partial charge in [0.1, 0.15) is 16.4 Å². The average Bonchev–Trinajstić information content (AvgIpc) is 2.67. The molecule has 0 radical (unpaired) electrons. The molecule has 0 spiro atoms. The smallest absolute Gasteiger partial charge is 0.246 e. The molecule has 0 aromatic heterocycles. The monoisotopic (exact) mass is 371 g/mol. The quantitative estimate of drug-likeness (QED) is 0.663. The number of fused-ring (bicyclic) bond motifs is 1. The standard InChI is InChI=1S/C20H21NO4S/c1-21(14-15-8-9-16-6-4-5-7-17(16)12-15)26(22,23)20-13-18(24-2)10-11-19(20)25-3/h4-13H,14H2,1-3H3. The Labute approximate surface area is 153 Å². The number of benzene rings is 3. The fraction of sp³-hybridized carbons (Fsp3) is 0.200. The number of hydrogen-bond donors (Lipinski definition) is 0. The van der Waals surface area contributed by atoms with Crippen molar-refractivity contribution >= 4 is 20.8 Å². The molecule has 0 amide bonds. The highest BCUT2D eigenvalue weighted by Crippen LogP contribution is 2.31. The number of ether oxygens (including phenoxy) is 2. The van der Waals surface area contributed by atoms with Gasteiger partial charge in [-0.05, 0) is 34.5 Å². The largest absolute Gasteiger partial charge is 0.497 e. The van der Waals surface area contributed by atoms with E-state index in [1.54, 1.807) is 19.2 Å². The molecule has 26 heavy (non-hydrogen) atoms. The van der Waals surface area contributed by atoms with Crippen LogP contribution in [0.1, 0.15) is 5.56 Å². The molecule has 3 aromatic rings. The van der Waals surface area contributed by atoms with Crippen LogP contribution in [0.15, 0.2) is 65.6 Å². The Morgan fingerprint density at radius 3 is 2.31 bits per heavy atom. The van der Waals surface area contributed by atoms with Gasteiger partial charge >= 0.3 is 0 Å². The number of rotatable bonds is 6. The fourth-order valence-electron chi connectivity index (χ4n) is 2.83. The van der Waals surface area contributed by atoms with Crippen molar-refractivity contribution in [2.75, 3.05) is 21.3 Å². The maximum atomic E-state index is 13.0. The van der Waals surface area contributed by atoms with Crippen molar-refractivity contribution in [2.45, 2.75) is 11.4 Å². The average molecular weight is 371 g/mol. The van der Waals surface area contributed by atoms with Gasteiger partial charge in [-0.3, -0.25) is 0 Å². The van der Waals surface area contributed by atoms with Gasteiger partial charge in [-0.1, -0.05) is 36.4 Å². The van der Waals surface area contributed by atoms with Crippen molar-refractivity contribution in [2.24, 2.45) is 0 Å². The molecule has 0 fully saturated rings. The molecule has 136 valence electrons. The van der Waals surface area contributed by atoms with E-state index < -0.39 is 10.0 Å². The molecule has 0 bridgehead atoms. The summed E-state index contributed by atoms with van der Waals surface area (Å²) in [5.41, 5.74) is 0.914. The van der Waals surface area contributed by atoms with Gasteiger partial charge in [0, 0.05) is 19.7 Å². The molecule has 6 heteroatoms. The van der Waals surface area contributed by atoms with Gasteiger partial charge in [-0.15, -0.1) is 0 Å². The Bertz CT molecular complexity index is 1030. The normalized spacial score (nSPS) is 11.7. The molecule has 0 unspecified atom stereocenters. The van der Waals surface area contributed by atoms with Gasteiger partial charge in [0.15, 0.2) is 0 Å². The van der Waals surface area contributed by atoms with E-state index in [0.29, 0.717) is 5.75 Å². The Morgan fingerprint density at radius 1 is 0.885 bits per heavy atom. The molecular weight excluding hydrogens is 350 g/mol. The van der Waals surface area contributed by atoms with E-state index in [0.717, 1.165) is 16.3 Å². The lowest BCUT2D eigenvalue weighted by Crippen LogP contribution is -2.27. The van der Waals surface area contributed by atoms with E-state index in [1.807, 2.05) is 42.5 Å². The van der Waals surface area contributed by atoms with Gasteiger partial charge in [0.2, 0.25) is 10.0 Å². The molecule has 0 saturated carbocycles. The molecular formula is C20H21NO4S. The second-order valence-corrected chi connectivity index (χ2v) is 7.97. The van der Waals surface area contributed by atoms with Crippen LogP contribution in [0.5, 0.6) is 11.5 Å². The third-order valence-electron chi connectivity index (χ3n) is 4.28. The summed E-state index contributed by atoms with van der Waals surface area (Å²) in [4.78, 5) is 0.0858. The van der Waals surface area contributed by atoms with Crippen molar-refractivity contribution in [3.05, 3.63) is 66.2 Å². The first-order chi connectivity index (χ1) is 12.5. The predicted molar refractivity (Wildman–Crippen MR) is 102 cm³/mol. The van der Waals surface area contributed by atoms with Crippen LogP contribution in [-0.2, 0) is 16.6 Å². The zero-order valence-electron chi connectivity index (χ0n) is 15.0. The Hall–Kier alpha value is -2.57. The van der Waals surface area contributed by atoms with Crippen LogP contribution in [0.25, 0.3) is 10.8 Å².